The first-order valence-electron chi connectivity index (χ1n) is 7.71. The highest BCUT2D eigenvalue weighted by atomic mass is 32.1. The molecule has 5 nitrogen and oxygen atoms in total. The van der Waals surface area contributed by atoms with Crippen LogP contribution in [0.15, 0.2) is 27.9 Å². The largest absolute Gasteiger partial charge is 0.508 e. The van der Waals surface area contributed by atoms with Crippen LogP contribution in [0.25, 0.3) is 16.0 Å². The highest BCUT2D eigenvalue weighted by Gasteiger charge is 2.26. The van der Waals surface area contributed by atoms with Crippen molar-refractivity contribution in [1.29, 1.82) is 0 Å². The SMILES string of the molecule is C=C(O)c1cc2sc(N(C)C(=O)C3CCCCC3)cc2oc1=O. The molecule has 0 spiro atoms. The molecular formula is C17H19NO4S. The number of carbonyl (C=O) groups excluding carboxylic acids is 1. The van der Waals surface area contributed by atoms with E-state index in [4.69, 9.17) is 4.42 Å². The predicted molar refractivity (Wildman–Crippen MR) is 92.0 cm³/mol. The van der Waals surface area contributed by atoms with Gasteiger partial charge in [0.1, 0.15) is 16.3 Å². The van der Waals surface area contributed by atoms with Gasteiger partial charge in [0.05, 0.1) is 4.70 Å². The van der Waals surface area contributed by atoms with Crippen molar-refractivity contribution in [3.8, 4) is 0 Å². The lowest BCUT2D eigenvalue weighted by Gasteiger charge is -2.25. The Kier molecular flexibility index (Phi) is 4.26. The first kappa shape index (κ1) is 15.8. The molecule has 1 aliphatic carbocycles. The summed E-state index contributed by atoms with van der Waals surface area (Å²) in [7, 11) is 1.76. The standard InChI is InChI=1S/C17H19NO4S/c1-10(19)12-8-14-13(22-17(12)21)9-15(23-14)18(2)16(20)11-6-4-3-5-7-11/h8-9,11,19H,1,3-7H2,2H3. The third-order valence-electron chi connectivity index (χ3n) is 4.34. The molecule has 0 atom stereocenters. The average Bonchev–Trinajstić information content (AvgIpc) is 2.96. The van der Waals surface area contributed by atoms with Gasteiger partial charge in [-0.2, -0.15) is 0 Å². The van der Waals surface area contributed by atoms with E-state index in [0.717, 1.165) is 30.7 Å². The monoisotopic (exact) mass is 333 g/mol. The van der Waals surface area contributed by atoms with E-state index < -0.39 is 5.63 Å². The fourth-order valence-electron chi connectivity index (χ4n) is 3.00. The van der Waals surface area contributed by atoms with Crippen LogP contribution in [0, 0.1) is 5.92 Å². The average molecular weight is 333 g/mol. The van der Waals surface area contributed by atoms with Crippen LogP contribution in [-0.4, -0.2) is 18.1 Å². The normalized spacial score (nSPS) is 15.7. The number of fused-ring (bicyclic) bond motifs is 1. The molecular weight excluding hydrogens is 314 g/mol. The number of hydrogen-bond acceptors (Lipinski definition) is 5. The molecule has 6 heteroatoms. The molecule has 1 N–H and O–H groups in total. The lowest BCUT2D eigenvalue weighted by Crippen LogP contribution is -2.33. The van der Waals surface area contributed by atoms with Crippen LogP contribution >= 0.6 is 11.3 Å². The first-order chi connectivity index (χ1) is 11.0. The van der Waals surface area contributed by atoms with Gasteiger partial charge in [0.25, 0.3) is 0 Å². The molecule has 0 bridgehead atoms. The Hall–Kier alpha value is -2.08. The smallest absolute Gasteiger partial charge is 0.347 e. The minimum Gasteiger partial charge on any atom is -0.508 e. The van der Waals surface area contributed by atoms with E-state index >= 15 is 0 Å². The summed E-state index contributed by atoms with van der Waals surface area (Å²) in [4.78, 5) is 26.0. The van der Waals surface area contributed by atoms with E-state index in [1.165, 1.54) is 17.8 Å². The predicted octanol–water partition coefficient (Wildman–Crippen LogP) is 3.93. The van der Waals surface area contributed by atoms with Crippen LogP contribution in [-0.2, 0) is 4.79 Å². The van der Waals surface area contributed by atoms with Crippen LogP contribution in [0.4, 0.5) is 5.00 Å². The van der Waals surface area contributed by atoms with Crippen molar-refractivity contribution in [3.05, 3.63) is 34.7 Å². The van der Waals surface area contributed by atoms with Gasteiger partial charge in [-0.25, -0.2) is 4.79 Å². The Morgan fingerprint density at radius 3 is 2.70 bits per heavy atom. The number of aliphatic hydroxyl groups is 1. The maximum Gasteiger partial charge on any atom is 0.347 e. The highest BCUT2D eigenvalue weighted by molar-refractivity contribution is 7.22. The van der Waals surface area contributed by atoms with Gasteiger partial charge < -0.3 is 14.4 Å². The number of aliphatic hydroxyl groups excluding tert-OH is 1. The molecule has 122 valence electrons. The molecule has 1 fully saturated rings. The fourth-order valence-corrected chi connectivity index (χ4v) is 4.00. The lowest BCUT2D eigenvalue weighted by molar-refractivity contribution is -0.122. The number of anilines is 1. The number of hydrogen-bond donors (Lipinski definition) is 1. The van der Waals surface area contributed by atoms with Gasteiger partial charge >= 0.3 is 5.63 Å². The molecule has 1 saturated carbocycles. The van der Waals surface area contributed by atoms with Gasteiger partial charge in [0.15, 0.2) is 5.58 Å². The minimum absolute atomic E-state index is 0.0483. The van der Waals surface area contributed by atoms with Gasteiger partial charge in [-0.3, -0.25) is 4.79 Å². The van der Waals surface area contributed by atoms with Crippen molar-refractivity contribution in [3.63, 3.8) is 0 Å². The molecule has 2 aromatic rings. The van der Waals surface area contributed by atoms with Gasteiger partial charge in [-0.1, -0.05) is 25.8 Å². The molecule has 0 radical (unpaired) electrons. The Morgan fingerprint density at radius 2 is 2.04 bits per heavy atom. The van der Waals surface area contributed by atoms with Crippen LogP contribution in [0.3, 0.4) is 0 Å². The number of amides is 1. The van der Waals surface area contributed by atoms with Crippen molar-refractivity contribution >= 4 is 38.3 Å². The maximum absolute atomic E-state index is 12.6. The molecule has 0 aromatic carbocycles. The van der Waals surface area contributed by atoms with E-state index in [9.17, 15) is 14.7 Å². The quantitative estimate of drug-likeness (QED) is 0.864. The van der Waals surface area contributed by atoms with Gasteiger partial charge in [0, 0.05) is 19.0 Å². The summed E-state index contributed by atoms with van der Waals surface area (Å²) in [6.45, 7) is 3.36. The third-order valence-corrected chi connectivity index (χ3v) is 5.48. The molecule has 23 heavy (non-hydrogen) atoms. The Labute approximate surface area is 137 Å². The minimum atomic E-state index is -0.629. The summed E-state index contributed by atoms with van der Waals surface area (Å²) in [5.74, 6) is -0.119. The number of carbonyl (C=O) groups is 1. The molecule has 2 heterocycles. The van der Waals surface area contributed by atoms with Gasteiger partial charge in [-0.05, 0) is 18.9 Å². The van der Waals surface area contributed by atoms with Gasteiger partial charge in [0.2, 0.25) is 5.91 Å². The summed E-state index contributed by atoms with van der Waals surface area (Å²) in [5.41, 5.74) is -0.161. The lowest BCUT2D eigenvalue weighted by atomic mass is 9.88. The summed E-state index contributed by atoms with van der Waals surface area (Å²) >= 11 is 1.36. The Morgan fingerprint density at radius 1 is 1.35 bits per heavy atom. The summed E-state index contributed by atoms with van der Waals surface area (Å²) in [6, 6.07) is 3.25. The zero-order valence-electron chi connectivity index (χ0n) is 13.0. The Bertz CT molecular complexity index is 814. The molecule has 0 saturated heterocycles. The van der Waals surface area contributed by atoms with Gasteiger partial charge in [-0.15, -0.1) is 11.3 Å². The van der Waals surface area contributed by atoms with Crippen LogP contribution < -0.4 is 10.5 Å². The van der Waals surface area contributed by atoms with Crippen LogP contribution in [0.5, 0.6) is 0 Å². The second kappa shape index (κ2) is 6.20. The zero-order chi connectivity index (χ0) is 16.6. The topological polar surface area (TPSA) is 70.8 Å². The van der Waals surface area contributed by atoms with E-state index in [1.807, 2.05) is 0 Å². The second-order valence-corrected chi connectivity index (χ2v) is 7.00. The van der Waals surface area contributed by atoms with Crippen LogP contribution in [0.2, 0.25) is 0 Å². The first-order valence-corrected chi connectivity index (χ1v) is 8.52. The molecule has 3 rings (SSSR count). The zero-order valence-corrected chi connectivity index (χ0v) is 13.8. The summed E-state index contributed by atoms with van der Waals surface area (Å²) in [5, 5.41) is 10.2. The molecule has 1 amide bonds. The van der Waals surface area contributed by atoms with Crippen molar-refractivity contribution in [2.24, 2.45) is 5.92 Å². The van der Waals surface area contributed by atoms with E-state index in [1.54, 1.807) is 24.1 Å². The number of rotatable bonds is 3. The van der Waals surface area contributed by atoms with Crippen molar-refractivity contribution < 1.29 is 14.3 Å². The van der Waals surface area contributed by atoms with Crippen LogP contribution in [0.1, 0.15) is 37.7 Å². The van der Waals surface area contributed by atoms with E-state index in [-0.39, 0.29) is 23.1 Å². The molecule has 0 aliphatic heterocycles. The number of nitrogens with zero attached hydrogens (tertiary/aromatic N) is 1. The highest BCUT2D eigenvalue weighted by Crippen LogP contribution is 2.34. The van der Waals surface area contributed by atoms with E-state index in [0.29, 0.717) is 10.3 Å². The summed E-state index contributed by atoms with van der Waals surface area (Å²) < 4.78 is 5.91. The Balaban J connectivity index is 1.91. The molecule has 1 aliphatic rings. The van der Waals surface area contributed by atoms with Crippen molar-refractivity contribution in [1.82, 2.24) is 0 Å². The maximum atomic E-state index is 12.6. The molecule has 2 aromatic heterocycles. The van der Waals surface area contributed by atoms with Crippen molar-refractivity contribution in [2.75, 3.05) is 11.9 Å². The second-order valence-electron chi connectivity index (χ2n) is 5.94. The number of thiophene rings is 1. The molecule has 0 unspecified atom stereocenters. The summed E-state index contributed by atoms with van der Waals surface area (Å²) in [6.07, 6.45) is 5.30. The van der Waals surface area contributed by atoms with Crippen molar-refractivity contribution in [2.45, 2.75) is 32.1 Å². The van der Waals surface area contributed by atoms with E-state index in [2.05, 4.69) is 6.58 Å². The fraction of sp³-hybridized carbons (Fsp3) is 0.412. The third kappa shape index (κ3) is 3.03.